The van der Waals surface area contributed by atoms with E-state index >= 15 is 0 Å². The van der Waals surface area contributed by atoms with Crippen molar-refractivity contribution in [2.75, 3.05) is 15.9 Å². The average molecular weight is 451 g/mol. The second-order valence-corrected chi connectivity index (χ2v) is 8.87. The molecule has 3 aromatic carbocycles. The van der Waals surface area contributed by atoms with Gasteiger partial charge in [-0.3, -0.25) is 9.10 Å². The van der Waals surface area contributed by atoms with E-state index in [4.69, 9.17) is 11.6 Å². The van der Waals surface area contributed by atoms with Crippen LogP contribution in [0.3, 0.4) is 0 Å². The number of carbonyl (C=O) groups is 1. The first-order valence-electron chi connectivity index (χ1n) is 8.72. The first-order chi connectivity index (χ1) is 14.1. The topological polar surface area (TPSA) is 66.5 Å². The lowest BCUT2D eigenvalue weighted by molar-refractivity contribution is 0.102. The fourth-order valence-electron chi connectivity index (χ4n) is 2.74. The minimum absolute atomic E-state index is 0.0459. The second kappa shape index (κ2) is 8.81. The molecule has 0 aromatic heterocycles. The number of rotatable bonds is 6. The van der Waals surface area contributed by atoms with Crippen LogP contribution in [0.5, 0.6) is 0 Å². The molecular formula is C21H17ClF2N2O3S. The van der Waals surface area contributed by atoms with Gasteiger partial charge in [0.1, 0.15) is 0 Å². The Morgan fingerprint density at radius 3 is 2.30 bits per heavy atom. The Balaban J connectivity index is 1.76. The molecule has 0 bridgehead atoms. The molecule has 0 heterocycles. The lowest BCUT2D eigenvalue weighted by Gasteiger charge is -2.22. The summed E-state index contributed by atoms with van der Waals surface area (Å²) in [5, 5.41) is 2.88. The van der Waals surface area contributed by atoms with Gasteiger partial charge in [0.05, 0.1) is 18.5 Å². The van der Waals surface area contributed by atoms with Gasteiger partial charge < -0.3 is 5.32 Å². The summed E-state index contributed by atoms with van der Waals surface area (Å²) in [5.74, 6) is -2.58. The van der Waals surface area contributed by atoms with Crippen LogP contribution in [0.1, 0.15) is 15.9 Å². The number of benzene rings is 3. The van der Waals surface area contributed by atoms with E-state index in [0.717, 1.165) is 18.4 Å². The van der Waals surface area contributed by atoms with Crippen molar-refractivity contribution in [2.24, 2.45) is 0 Å². The maximum atomic E-state index is 13.3. The number of anilines is 2. The number of amides is 1. The summed E-state index contributed by atoms with van der Waals surface area (Å²) in [5.41, 5.74) is 1.46. The molecule has 0 spiro atoms. The normalized spacial score (nSPS) is 11.2. The number of carbonyl (C=O) groups excluding carboxylic acids is 1. The van der Waals surface area contributed by atoms with Crippen molar-refractivity contribution in [1.29, 1.82) is 0 Å². The Morgan fingerprint density at radius 1 is 1.00 bits per heavy atom. The van der Waals surface area contributed by atoms with E-state index in [1.807, 2.05) is 0 Å². The van der Waals surface area contributed by atoms with Crippen LogP contribution in [0.15, 0.2) is 66.7 Å². The van der Waals surface area contributed by atoms with E-state index in [1.165, 1.54) is 22.5 Å². The zero-order chi connectivity index (χ0) is 21.9. The number of sulfonamides is 1. The second-order valence-electron chi connectivity index (χ2n) is 6.53. The van der Waals surface area contributed by atoms with E-state index in [0.29, 0.717) is 16.3 Å². The van der Waals surface area contributed by atoms with Crippen molar-refractivity contribution in [2.45, 2.75) is 6.54 Å². The molecule has 9 heteroatoms. The third-order valence-electron chi connectivity index (χ3n) is 4.22. The highest BCUT2D eigenvalue weighted by Gasteiger charge is 2.18. The maximum Gasteiger partial charge on any atom is 0.255 e. The summed E-state index contributed by atoms with van der Waals surface area (Å²) >= 11 is 5.97. The fraction of sp³-hybridized carbons (Fsp3) is 0.0952. The number of nitrogens with one attached hydrogen (secondary N) is 1. The van der Waals surface area contributed by atoms with E-state index < -0.39 is 27.6 Å². The van der Waals surface area contributed by atoms with Crippen molar-refractivity contribution in [1.82, 2.24) is 0 Å². The zero-order valence-electron chi connectivity index (χ0n) is 15.8. The maximum absolute atomic E-state index is 13.3. The van der Waals surface area contributed by atoms with Crippen LogP contribution in [0, 0.1) is 11.6 Å². The summed E-state index contributed by atoms with van der Waals surface area (Å²) in [7, 11) is -3.58. The average Bonchev–Trinajstić information content (AvgIpc) is 2.68. The van der Waals surface area contributed by atoms with Crippen molar-refractivity contribution >= 4 is 38.9 Å². The summed E-state index contributed by atoms with van der Waals surface area (Å²) in [6, 6.07) is 15.8. The van der Waals surface area contributed by atoms with Gasteiger partial charge in [-0.25, -0.2) is 17.2 Å². The van der Waals surface area contributed by atoms with Gasteiger partial charge >= 0.3 is 0 Å². The van der Waals surface area contributed by atoms with Crippen molar-refractivity contribution in [3.63, 3.8) is 0 Å². The molecule has 0 aliphatic heterocycles. The van der Waals surface area contributed by atoms with E-state index in [9.17, 15) is 22.0 Å². The minimum atomic E-state index is -3.58. The zero-order valence-corrected chi connectivity index (χ0v) is 17.3. The summed E-state index contributed by atoms with van der Waals surface area (Å²) < 4.78 is 52.0. The third kappa shape index (κ3) is 5.34. The Kier molecular flexibility index (Phi) is 6.38. The lowest BCUT2D eigenvalue weighted by atomic mass is 10.1. The van der Waals surface area contributed by atoms with Crippen LogP contribution in [-0.4, -0.2) is 20.6 Å². The molecule has 0 saturated carbocycles. The largest absolute Gasteiger partial charge is 0.322 e. The van der Waals surface area contributed by atoms with Crippen LogP contribution in [0.4, 0.5) is 20.2 Å². The Hall–Kier alpha value is -2.97. The Bertz CT molecular complexity index is 1190. The quantitative estimate of drug-likeness (QED) is 0.584. The SMILES string of the molecule is CS(=O)(=O)N(Cc1ccc(C(=O)Nc2ccc(F)c(F)c2)cc1)c1cccc(Cl)c1. The molecule has 0 aliphatic carbocycles. The molecule has 0 saturated heterocycles. The van der Waals surface area contributed by atoms with Crippen LogP contribution < -0.4 is 9.62 Å². The molecule has 5 nitrogen and oxygen atoms in total. The van der Waals surface area contributed by atoms with Gasteiger partial charge in [0.25, 0.3) is 5.91 Å². The Labute approximate surface area is 178 Å². The fourth-order valence-corrected chi connectivity index (χ4v) is 3.80. The standard InChI is InChI=1S/C21H17ClF2N2O3S/c1-30(28,29)26(18-4-2-3-16(22)11-18)13-14-5-7-15(8-6-14)21(27)25-17-9-10-19(23)20(24)12-17/h2-12H,13H2,1H3,(H,25,27). The summed E-state index contributed by atoms with van der Waals surface area (Å²) in [6.07, 6.45) is 1.09. The molecule has 0 aliphatic rings. The molecular weight excluding hydrogens is 434 g/mol. The molecule has 0 fully saturated rings. The highest BCUT2D eigenvalue weighted by Crippen LogP contribution is 2.24. The number of nitrogens with zero attached hydrogens (tertiary/aromatic N) is 1. The van der Waals surface area contributed by atoms with Gasteiger partial charge in [-0.1, -0.05) is 29.8 Å². The molecule has 1 amide bonds. The first kappa shape index (κ1) is 21.7. The van der Waals surface area contributed by atoms with E-state index in [1.54, 1.807) is 36.4 Å². The summed E-state index contributed by atoms with van der Waals surface area (Å²) in [4.78, 5) is 12.3. The molecule has 0 radical (unpaired) electrons. The molecule has 156 valence electrons. The van der Waals surface area contributed by atoms with E-state index in [-0.39, 0.29) is 17.8 Å². The predicted molar refractivity (Wildman–Crippen MR) is 113 cm³/mol. The van der Waals surface area contributed by atoms with Crippen LogP contribution in [0.25, 0.3) is 0 Å². The van der Waals surface area contributed by atoms with Gasteiger partial charge in [0, 0.05) is 22.3 Å². The van der Waals surface area contributed by atoms with Crippen molar-refractivity contribution < 1.29 is 22.0 Å². The summed E-state index contributed by atoms with van der Waals surface area (Å²) in [6.45, 7) is 0.0459. The highest BCUT2D eigenvalue weighted by molar-refractivity contribution is 7.92. The van der Waals surface area contributed by atoms with E-state index in [2.05, 4.69) is 5.32 Å². The monoisotopic (exact) mass is 450 g/mol. The van der Waals surface area contributed by atoms with Crippen molar-refractivity contribution in [3.8, 4) is 0 Å². The predicted octanol–water partition coefficient (Wildman–Crippen LogP) is 4.84. The molecule has 3 rings (SSSR count). The van der Waals surface area contributed by atoms with Gasteiger partial charge in [0.15, 0.2) is 11.6 Å². The van der Waals surface area contributed by atoms with Crippen LogP contribution >= 0.6 is 11.6 Å². The lowest BCUT2D eigenvalue weighted by Crippen LogP contribution is -2.29. The van der Waals surface area contributed by atoms with Crippen LogP contribution in [-0.2, 0) is 16.6 Å². The molecule has 30 heavy (non-hydrogen) atoms. The first-order valence-corrected chi connectivity index (χ1v) is 10.9. The van der Waals surface area contributed by atoms with Gasteiger partial charge in [-0.05, 0) is 48.0 Å². The minimum Gasteiger partial charge on any atom is -0.322 e. The van der Waals surface area contributed by atoms with Gasteiger partial charge in [-0.15, -0.1) is 0 Å². The highest BCUT2D eigenvalue weighted by atomic mass is 35.5. The van der Waals surface area contributed by atoms with Gasteiger partial charge in [-0.2, -0.15) is 0 Å². The molecule has 0 atom stereocenters. The van der Waals surface area contributed by atoms with Crippen LogP contribution in [0.2, 0.25) is 5.02 Å². The third-order valence-corrected chi connectivity index (χ3v) is 5.59. The smallest absolute Gasteiger partial charge is 0.255 e. The number of hydrogen-bond acceptors (Lipinski definition) is 3. The Morgan fingerprint density at radius 2 is 1.70 bits per heavy atom. The molecule has 1 N–H and O–H groups in total. The molecule has 3 aromatic rings. The number of halogens is 3. The molecule has 0 unspecified atom stereocenters. The number of hydrogen-bond donors (Lipinski definition) is 1. The van der Waals surface area contributed by atoms with Gasteiger partial charge in [0.2, 0.25) is 10.0 Å². The van der Waals surface area contributed by atoms with Crippen molar-refractivity contribution in [3.05, 3.63) is 94.5 Å².